The van der Waals surface area contributed by atoms with E-state index in [1.807, 2.05) is 17.0 Å². The Balaban J connectivity index is 1.50. The van der Waals surface area contributed by atoms with Gasteiger partial charge in [-0.3, -0.25) is 4.79 Å². The standard InChI is InChI=1S/C23H25Cl2N5OS/c1-14(2)11-26-8-3-4-20(31)30-9-7-16-19(12-30)32-23-21(16)22(27-13-28-23)29-15-5-6-17(24)18(25)10-15/h3-6,10,13-14,26H,7-9,11-12H2,1-2H3,(H,27,28,29)/b4-3+. The number of thiophene rings is 1. The van der Waals surface area contributed by atoms with Gasteiger partial charge in [0.25, 0.3) is 0 Å². The van der Waals surface area contributed by atoms with Crippen LogP contribution in [0, 0.1) is 5.92 Å². The number of hydrogen-bond donors (Lipinski definition) is 2. The molecule has 1 aliphatic rings. The van der Waals surface area contributed by atoms with Crippen molar-refractivity contribution in [2.24, 2.45) is 5.92 Å². The van der Waals surface area contributed by atoms with Gasteiger partial charge in [-0.2, -0.15) is 0 Å². The maximum atomic E-state index is 12.6. The van der Waals surface area contributed by atoms with E-state index in [0.717, 1.165) is 39.6 Å². The Morgan fingerprint density at radius 3 is 2.91 bits per heavy atom. The lowest BCUT2D eigenvalue weighted by molar-refractivity contribution is -0.126. The van der Waals surface area contributed by atoms with Crippen molar-refractivity contribution in [3.05, 3.63) is 57.2 Å². The third-order valence-corrected chi connectivity index (χ3v) is 7.07. The van der Waals surface area contributed by atoms with Gasteiger partial charge in [0.05, 0.1) is 22.0 Å². The van der Waals surface area contributed by atoms with Gasteiger partial charge in [-0.25, -0.2) is 9.97 Å². The molecule has 0 saturated heterocycles. The van der Waals surface area contributed by atoms with Crippen molar-refractivity contribution in [3.8, 4) is 0 Å². The number of rotatable bonds is 7. The second-order valence-corrected chi connectivity index (χ2v) is 10.0. The van der Waals surface area contributed by atoms with Crippen LogP contribution in [-0.2, 0) is 17.8 Å². The van der Waals surface area contributed by atoms with Gasteiger partial charge in [-0.1, -0.05) is 43.1 Å². The van der Waals surface area contributed by atoms with Crippen LogP contribution in [0.1, 0.15) is 24.3 Å². The molecule has 0 saturated carbocycles. The van der Waals surface area contributed by atoms with Crippen LogP contribution in [0.5, 0.6) is 0 Å². The zero-order chi connectivity index (χ0) is 22.7. The van der Waals surface area contributed by atoms with Crippen molar-refractivity contribution in [1.29, 1.82) is 0 Å². The zero-order valence-corrected chi connectivity index (χ0v) is 20.3. The highest BCUT2D eigenvalue weighted by molar-refractivity contribution is 7.19. The first-order valence-electron chi connectivity index (χ1n) is 10.6. The molecule has 3 heterocycles. The minimum absolute atomic E-state index is 0.0414. The summed E-state index contributed by atoms with van der Waals surface area (Å²) in [6, 6.07) is 5.40. The number of halogens is 2. The van der Waals surface area contributed by atoms with Crippen LogP contribution in [0.25, 0.3) is 10.2 Å². The van der Waals surface area contributed by atoms with E-state index in [1.54, 1.807) is 35.9 Å². The number of carbonyl (C=O) groups is 1. The lowest BCUT2D eigenvalue weighted by Crippen LogP contribution is -2.34. The third-order valence-electron chi connectivity index (χ3n) is 5.21. The van der Waals surface area contributed by atoms with E-state index in [4.69, 9.17) is 23.2 Å². The fourth-order valence-electron chi connectivity index (χ4n) is 3.64. The van der Waals surface area contributed by atoms with Gasteiger partial charge < -0.3 is 15.5 Å². The second-order valence-electron chi connectivity index (χ2n) is 8.12. The average molecular weight is 490 g/mol. The number of hydrogen-bond acceptors (Lipinski definition) is 6. The highest BCUT2D eigenvalue weighted by Crippen LogP contribution is 2.38. The number of benzene rings is 1. The quantitative estimate of drug-likeness (QED) is 0.342. The number of anilines is 2. The molecule has 0 spiro atoms. The Kier molecular flexibility index (Phi) is 7.30. The summed E-state index contributed by atoms with van der Waals surface area (Å²) in [5, 5.41) is 8.66. The van der Waals surface area contributed by atoms with E-state index < -0.39 is 0 Å². The number of fused-ring (bicyclic) bond motifs is 3. The highest BCUT2D eigenvalue weighted by Gasteiger charge is 2.25. The van der Waals surface area contributed by atoms with Crippen molar-refractivity contribution in [2.75, 3.05) is 25.0 Å². The molecule has 32 heavy (non-hydrogen) atoms. The Bertz CT molecular complexity index is 1160. The number of carbonyl (C=O) groups excluding carboxylic acids is 1. The zero-order valence-electron chi connectivity index (χ0n) is 18.0. The number of nitrogens with one attached hydrogen (secondary N) is 2. The maximum Gasteiger partial charge on any atom is 0.246 e. The molecule has 3 aromatic rings. The van der Waals surface area contributed by atoms with Crippen LogP contribution in [0.15, 0.2) is 36.7 Å². The average Bonchev–Trinajstić information content (AvgIpc) is 3.14. The van der Waals surface area contributed by atoms with Crippen LogP contribution in [0.3, 0.4) is 0 Å². The maximum absolute atomic E-state index is 12.6. The summed E-state index contributed by atoms with van der Waals surface area (Å²) in [6.45, 7) is 7.22. The van der Waals surface area contributed by atoms with Gasteiger partial charge in [0.15, 0.2) is 0 Å². The second kappa shape index (κ2) is 10.2. The molecule has 1 aliphatic heterocycles. The number of nitrogens with zero attached hydrogens (tertiary/aromatic N) is 3. The summed E-state index contributed by atoms with van der Waals surface area (Å²) >= 11 is 13.8. The van der Waals surface area contributed by atoms with E-state index in [2.05, 4.69) is 34.4 Å². The van der Waals surface area contributed by atoms with Crippen LogP contribution >= 0.6 is 34.5 Å². The highest BCUT2D eigenvalue weighted by atomic mass is 35.5. The topological polar surface area (TPSA) is 70.2 Å². The lowest BCUT2D eigenvalue weighted by Gasteiger charge is -2.26. The Labute approximate surface area is 201 Å². The molecule has 4 rings (SSSR count). The lowest BCUT2D eigenvalue weighted by atomic mass is 10.0. The van der Waals surface area contributed by atoms with Crippen LogP contribution < -0.4 is 10.6 Å². The Morgan fingerprint density at radius 1 is 1.28 bits per heavy atom. The summed E-state index contributed by atoms with van der Waals surface area (Å²) in [6.07, 6.45) is 5.89. The first-order valence-corrected chi connectivity index (χ1v) is 12.1. The van der Waals surface area contributed by atoms with E-state index in [1.165, 1.54) is 5.56 Å². The first kappa shape index (κ1) is 23.0. The molecule has 1 amide bonds. The monoisotopic (exact) mass is 489 g/mol. The fraction of sp³-hybridized carbons (Fsp3) is 0.348. The van der Waals surface area contributed by atoms with Crippen LogP contribution in [0.4, 0.5) is 11.5 Å². The van der Waals surface area contributed by atoms with Gasteiger partial charge in [-0.15, -0.1) is 11.3 Å². The molecule has 168 valence electrons. The van der Waals surface area contributed by atoms with Gasteiger partial charge in [0.1, 0.15) is 17.0 Å². The van der Waals surface area contributed by atoms with Crippen molar-refractivity contribution in [3.63, 3.8) is 0 Å². The summed E-state index contributed by atoms with van der Waals surface area (Å²) in [5.74, 6) is 1.37. The third kappa shape index (κ3) is 5.23. The predicted octanol–water partition coefficient (Wildman–Crippen LogP) is 5.43. The molecule has 2 aromatic heterocycles. The largest absolute Gasteiger partial charge is 0.340 e. The van der Waals surface area contributed by atoms with Gasteiger partial charge in [0.2, 0.25) is 5.91 Å². The van der Waals surface area contributed by atoms with E-state index in [-0.39, 0.29) is 5.91 Å². The molecule has 0 atom stereocenters. The van der Waals surface area contributed by atoms with Gasteiger partial charge >= 0.3 is 0 Å². The fourth-order valence-corrected chi connectivity index (χ4v) is 5.14. The van der Waals surface area contributed by atoms with Crippen molar-refractivity contribution in [2.45, 2.75) is 26.8 Å². The minimum Gasteiger partial charge on any atom is -0.340 e. The van der Waals surface area contributed by atoms with Gasteiger partial charge in [-0.05, 0) is 42.6 Å². The molecule has 2 N–H and O–H groups in total. The molecule has 9 heteroatoms. The van der Waals surface area contributed by atoms with Crippen LogP contribution in [-0.4, -0.2) is 40.4 Å². The van der Waals surface area contributed by atoms with E-state index in [0.29, 0.717) is 35.6 Å². The molecule has 0 radical (unpaired) electrons. The molecular formula is C23H25Cl2N5OS. The van der Waals surface area contributed by atoms with Gasteiger partial charge in [0, 0.05) is 29.7 Å². The summed E-state index contributed by atoms with van der Waals surface area (Å²) in [4.78, 5) is 25.5. The molecule has 0 aliphatic carbocycles. The van der Waals surface area contributed by atoms with E-state index >= 15 is 0 Å². The summed E-state index contributed by atoms with van der Waals surface area (Å²) < 4.78 is 0. The van der Waals surface area contributed by atoms with E-state index in [9.17, 15) is 4.79 Å². The molecule has 0 unspecified atom stereocenters. The smallest absolute Gasteiger partial charge is 0.246 e. The van der Waals surface area contributed by atoms with Crippen molar-refractivity contribution >= 4 is 62.2 Å². The summed E-state index contributed by atoms with van der Waals surface area (Å²) in [7, 11) is 0. The van der Waals surface area contributed by atoms with Crippen LogP contribution in [0.2, 0.25) is 10.0 Å². The summed E-state index contributed by atoms with van der Waals surface area (Å²) in [5.41, 5.74) is 2.02. The Morgan fingerprint density at radius 2 is 2.12 bits per heavy atom. The molecule has 0 fully saturated rings. The van der Waals surface area contributed by atoms with Crippen molar-refractivity contribution < 1.29 is 4.79 Å². The minimum atomic E-state index is 0.0414. The molecule has 6 nitrogen and oxygen atoms in total. The molecule has 0 bridgehead atoms. The molecule has 1 aromatic carbocycles. The predicted molar refractivity (Wildman–Crippen MR) is 133 cm³/mol. The normalized spacial score (nSPS) is 13.8. The first-order chi connectivity index (χ1) is 15.4. The SMILES string of the molecule is CC(C)CNC/C=C/C(=O)N1CCc2c(sc3ncnc(Nc4ccc(Cl)c(Cl)c4)c23)C1. The number of aromatic nitrogens is 2. The van der Waals surface area contributed by atoms with Crippen molar-refractivity contribution in [1.82, 2.24) is 20.2 Å². The Hall–Kier alpha value is -2.19. The molecular weight excluding hydrogens is 465 g/mol. The number of amides is 1.